The van der Waals surface area contributed by atoms with E-state index < -0.39 is 18.5 Å². The van der Waals surface area contributed by atoms with Gasteiger partial charge in [0.15, 0.2) is 0 Å². The topological polar surface area (TPSA) is 160 Å². The third-order valence-electron chi connectivity index (χ3n) is 4.96. The van der Waals surface area contributed by atoms with Gasteiger partial charge < -0.3 is 48.9 Å². The van der Waals surface area contributed by atoms with Gasteiger partial charge in [0.2, 0.25) is 5.91 Å². The zero-order valence-electron chi connectivity index (χ0n) is 23.4. The number of carbonyl (C=O) groups is 3. The second kappa shape index (κ2) is 25.2. The molecular formula is C27H44N2O11. The summed E-state index contributed by atoms with van der Waals surface area (Å²) in [5.74, 6) is -1.90. The average molecular weight is 573 g/mol. The fourth-order valence-electron chi connectivity index (χ4n) is 2.94. The number of hydrogen-bond acceptors (Lipinski definition) is 11. The molecule has 1 amide bonds. The summed E-state index contributed by atoms with van der Waals surface area (Å²) in [6.45, 7) is 6.57. The first-order valence-corrected chi connectivity index (χ1v) is 13.5. The van der Waals surface area contributed by atoms with E-state index >= 15 is 0 Å². The van der Waals surface area contributed by atoms with Gasteiger partial charge in [0.25, 0.3) is 0 Å². The number of nitrogens with one attached hydrogen (secondary N) is 2. The summed E-state index contributed by atoms with van der Waals surface area (Å²) in [5.41, 5.74) is 1.49. The molecule has 0 aliphatic heterocycles. The van der Waals surface area contributed by atoms with Crippen LogP contribution in [0, 0.1) is 0 Å². The molecule has 1 rings (SSSR count). The number of anilines is 1. The van der Waals surface area contributed by atoms with Crippen LogP contribution in [0.25, 0.3) is 0 Å². The number of unbranched alkanes of at least 4 members (excludes halogenated alkanes) is 1. The number of carboxylic acids is 1. The molecule has 0 radical (unpaired) electrons. The van der Waals surface area contributed by atoms with Gasteiger partial charge in [0.1, 0.15) is 19.8 Å². The molecule has 13 nitrogen and oxygen atoms in total. The lowest BCUT2D eigenvalue weighted by Crippen LogP contribution is -2.31. The molecule has 3 N–H and O–H groups in total. The summed E-state index contributed by atoms with van der Waals surface area (Å²) in [6.07, 6.45) is 2.23. The zero-order chi connectivity index (χ0) is 29.1. The number of carbonyl (C=O) groups excluding carboxylic acids is 2. The Balaban J connectivity index is 1.80. The molecule has 0 aliphatic carbocycles. The molecule has 0 fully saturated rings. The van der Waals surface area contributed by atoms with E-state index in [1.165, 1.54) is 0 Å². The molecule has 0 aromatic heterocycles. The molecule has 0 heterocycles. The smallest absolute Gasteiger partial charge is 0.338 e. The predicted octanol–water partition coefficient (Wildman–Crippen LogP) is 1.36. The minimum Gasteiger partial charge on any atom is -0.480 e. The van der Waals surface area contributed by atoms with Crippen molar-refractivity contribution in [2.75, 3.05) is 104 Å². The minimum atomic E-state index is -1.13. The number of esters is 1. The van der Waals surface area contributed by atoms with Crippen LogP contribution in [0.4, 0.5) is 5.69 Å². The van der Waals surface area contributed by atoms with Crippen LogP contribution in [-0.2, 0) is 42.7 Å². The molecule has 0 atom stereocenters. The molecule has 0 aliphatic rings. The Hall–Kier alpha value is -2.81. The molecule has 40 heavy (non-hydrogen) atoms. The largest absolute Gasteiger partial charge is 0.480 e. The second-order valence-electron chi connectivity index (χ2n) is 8.29. The summed E-state index contributed by atoms with van der Waals surface area (Å²) < 4.78 is 36.8. The summed E-state index contributed by atoms with van der Waals surface area (Å²) >= 11 is 0. The quantitative estimate of drug-likeness (QED) is 0.103. The lowest BCUT2D eigenvalue weighted by atomic mass is 10.2. The fourth-order valence-corrected chi connectivity index (χ4v) is 2.94. The van der Waals surface area contributed by atoms with E-state index in [0.29, 0.717) is 78.2 Å². The van der Waals surface area contributed by atoms with Gasteiger partial charge in [-0.3, -0.25) is 4.79 Å². The van der Waals surface area contributed by atoms with Crippen molar-refractivity contribution in [3.8, 4) is 0 Å². The van der Waals surface area contributed by atoms with Crippen molar-refractivity contribution in [1.82, 2.24) is 5.32 Å². The van der Waals surface area contributed by atoms with Gasteiger partial charge in [-0.2, -0.15) is 0 Å². The van der Waals surface area contributed by atoms with Crippen LogP contribution in [0.2, 0.25) is 0 Å². The first-order chi connectivity index (χ1) is 19.5. The van der Waals surface area contributed by atoms with E-state index in [2.05, 4.69) is 22.3 Å². The van der Waals surface area contributed by atoms with Gasteiger partial charge in [-0.1, -0.05) is 13.3 Å². The maximum absolute atomic E-state index is 12.1. The highest BCUT2D eigenvalue weighted by molar-refractivity contribution is 5.89. The maximum atomic E-state index is 12.1. The zero-order valence-corrected chi connectivity index (χ0v) is 23.4. The van der Waals surface area contributed by atoms with Crippen LogP contribution < -0.4 is 10.6 Å². The van der Waals surface area contributed by atoms with Crippen molar-refractivity contribution in [3.63, 3.8) is 0 Å². The van der Waals surface area contributed by atoms with Gasteiger partial charge in [0.05, 0.1) is 71.6 Å². The van der Waals surface area contributed by atoms with E-state index in [0.717, 1.165) is 25.1 Å². The monoisotopic (exact) mass is 572 g/mol. The first kappa shape index (κ1) is 35.2. The lowest BCUT2D eigenvalue weighted by molar-refractivity contribution is -0.143. The molecule has 0 saturated carbocycles. The van der Waals surface area contributed by atoms with Crippen LogP contribution in [-0.4, -0.2) is 122 Å². The maximum Gasteiger partial charge on any atom is 0.338 e. The molecule has 0 unspecified atom stereocenters. The number of hydrogen-bond donors (Lipinski definition) is 3. The van der Waals surface area contributed by atoms with Crippen LogP contribution in [0.5, 0.6) is 0 Å². The number of aliphatic carboxylic acids is 1. The summed E-state index contributed by atoms with van der Waals surface area (Å²) in [6, 6.07) is 7.23. The highest BCUT2D eigenvalue weighted by Crippen LogP contribution is 2.10. The second-order valence-corrected chi connectivity index (χ2v) is 8.29. The lowest BCUT2D eigenvalue weighted by Gasteiger charge is -2.09. The highest BCUT2D eigenvalue weighted by Gasteiger charge is 2.07. The van der Waals surface area contributed by atoms with E-state index in [1.54, 1.807) is 12.1 Å². The van der Waals surface area contributed by atoms with Crippen molar-refractivity contribution >= 4 is 23.5 Å². The Morgan fingerprint density at radius 2 is 1.20 bits per heavy atom. The molecule has 0 saturated heterocycles. The third kappa shape index (κ3) is 21.1. The average Bonchev–Trinajstić information content (AvgIpc) is 2.94. The van der Waals surface area contributed by atoms with E-state index in [4.69, 9.17) is 33.5 Å². The van der Waals surface area contributed by atoms with Crippen molar-refractivity contribution in [3.05, 3.63) is 29.8 Å². The SMILES string of the molecule is CCCCNc1ccc(C(=O)OCCOCCOCCOCCOCCOCCNC(=O)COCC(=O)O)cc1. The summed E-state index contributed by atoms with van der Waals surface area (Å²) in [7, 11) is 0. The Bertz CT molecular complexity index is 793. The van der Waals surface area contributed by atoms with Gasteiger partial charge in [-0.05, 0) is 30.7 Å². The van der Waals surface area contributed by atoms with Crippen LogP contribution in [0.15, 0.2) is 24.3 Å². The van der Waals surface area contributed by atoms with Gasteiger partial charge >= 0.3 is 11.9 Å². The number of ether oxygens (including phenoxy) is 7. The van der Waals surface area contributed by atoms with Crippen LogP contribution in [0.3, 0.4) is 0 Å². The third-order valence-corrected chi connectivity index (χ3v) is 4.96. The highest BCUT2D eigenvalue weighted by atomic mass is 16.6. The molecule has 228 valence electrons. The van der Waals surface area contributed by atoms with E-state index in [-0.39, 0.29) is 19.2 Å². The molecule has 0 bridgehead atoms. The number of rotatable bonds is 27. The van der Waals surface area contributed by atoms with Crippen molar-refractivity contribution in [2.45, 2.75) is 19.8 Å². The van der Waals surface area contributed by atoms with E-state index in [9.17, 15) is 14.4 Å². The minimum absolute atomic E-state index is 0.172. The Labute approximate surface area is 235 Å². The number of carboxylic acid groups (broad SMARTS) is 1. The van der Waals surface area contributed by atoms with Crippen molar-refractivity contribution in [1.29, 1.82) is 0 Å². The van der Waals surface area contributed by atoms with Crippen molar-refractivity contribution < 1.29 is 52.6 Å². The molecule has 0 spiro atoms. The predicted molar refractivity (Wildman–Crippen MR) is 146 cm³/mol. The standard InChI is InChI=1S/C27H44N2O11/c1-2-3-8-28-24-6-4-23(5-7-24)27(33)40-20-19-38-18-17-37-16-15-36-14-13-35-12-11-34-10-9-29-25(30)21-39-22-26(31)32/h4-7,28H,2-3,8-22H2,1H3,(H,29,30)(H,31,32). The van der Waals surface area contributed by atoms with Crippen LogP contribution >= 0.6 is 0 Å². The Morgan fingerprint density at radius 1 is 0.675 bits per heavy atom. The number of amides is 1. The van der Waals surface area contributed by atoms with Crippen molar-refractivity contribution in [2.24, 2.45) is 0 Å². The van der Waals surface area contributed by atoms with Crippen LogP contribution in [0.1, 0.15) is 30.1 Å². The molecule has 13 heteroatoms. The molecule has 1 aromatic rings. The summed E-state index contributed by atoms with van der Waals surface area (Å²) in [5, 5.41) is 14.2. The molecule has 1 aromatic carbocycles. The summed E-state index contributed by atoms with van der Waals surface area (Å²) in [4.78, 5) is 33.7. The number of benzene rings is 1. The van der Waals surface area contributed by atoms with Gasteiger partial charge in [-0.15, -0.1) is 0 Å². The molecular weight excluding hydrogens is 528 g/mol. The first-order valence-electron chi connectivity index (χ1n) is 13.5. The van der Waals surface area contributed by atoms with E-state index in [1.807, 2.05) is 12.1 Å². The Morgan fingerprint density at radius 3 is 1.73 bits per heavy atom. The van der Waals surface area contributed by atoms with Gasteiger partial charge in [-0.25, -0.2) is 9.59 Å². The fraction of sp³-hybridized carbons (Fsp3) is 0.667. The van der Waals surface area contributed by atoms with Gasteiger partial charge in [0, 0.05) is 18.8 Å². The normalized spacial score (nSPS) is 10.8. The Kier molecular flexibility index (Phi) is 22.2.